The molecule has 0 saturated carbocycles. The number of benzene rings is 1. The number of aromatic nitrogens is 1. The first-order valence-electron chi connectivity index (χ1n) is 12.4. The molecule has 1 fully saturated rings. The fourth-order valence-corrected chi connectivity index (χ4v) is 3.98. The lowest BCUT2D eigenvalue weighted by Gasteiger charge is -2.26. The lowest BCUT2D eigenvalue weighted by molar-refractivity contribution is 0.0320. The lowest BCUT2D eigenvalue weighted by Crippen LogP contribution is -2.38. The van der Waals surface area contributed by atoms with Crippen molar-refractivity contribution in [2.45, 2.75) is 33.6 Å². The van der Waals surface area contributed by atoms with Crippen LogP contribution in [0.1, 0.15) is 37.9 Å². The topological polar surface area (TPSA) is 74.2 Å². The second kappa shape index (κ2) is 13.8. The first-order chi connectivity index (χ1) is 16.6. The summed E-state index contributed by atoms with van der Waals surface area (Å²) in [6.07, 6.45) is 3.93. The second-order valence-corrected chi connectivity index (χ2v) is 8.55. The first kappa shape index (κ1) is 25.8. The number of anilines is 3. The third-order valence-electron chi connectivity index (χ3n) is 5.75. The van der Waals surface area contributed by atoms with Gasteiger partial charge in [-0.25, -0.2) is 4.98 Å². The van der Waals surface area contributed by atoms with Gasteiger partial charge in [0.15, 0.2) is 0 Å². The van der Waals surface area contributed by atoms with E-state index in [-0.39, 0.29) is 0 Å². The Hall–Kier alpha value is -2.84. The van der Waals surface area contributed by atoms with Gasteiger partial charge < -0.3 is 19.7 Å². The number of hydrogen-bond donors (Lipinski definition) is 2. The van der Waals surface area contributed by atoms with Gasteiger partial charge in [-0.05, 0) is 43.5 Å². The zero-order valence-electron chi connectivity index (χ0n) is 21.1. The van der Waals surface area contributed by atoms with Crippen molar-refractivity contribution in [3.8, 4) is 5.88 Å². The Balaban J connectivity index is 1.75. The minimum Gasteiger partial charge on any atom is -0.476 e. The van der Waals surface area contributed by atoms with E-state index < -0.39 is 0 Å². The first-order valence-corrected chi connectivity index (χ1v) is 12.4. The second-order valence-electron chi connectivity index (χ2n) is 8.55. The van der Waals surface area contributed by atoms with Gasteiger partial charge in [0.25, 0.3) is 0 Å². The summed E-state index contributed by atoms with van der Waals surface area (Å²) in [5.74, 6) is 0.635. The molecule has 0 radical (unpaired) electrons. The summed E-state index contributed by atoms with van der Waals surface area (Å²) in [6, 6.07) is 10.3. The van der Waals surface area contributed by atoms with E-state index in [1.165, 1.54) is 5.56 Å². The molecule has 0 spiro atoms. The summed E-state index contributed by atoms with van der Waals surface area (Å²) in [5.41, 5.74) is 8.13. The van der Waals surface area contributed by atoms with Gasteiger partial charge in [-0.1, -0.05) is 19.9 Å². The fraction of sp³-hybridized carbons (Fsp3) is 0.538. The van der Waals surface area contributed by atoms with Crippen LogP contribution in [0.25, 0.3) is 0 Å². The quantitative estimate of drug-likeness (QED) is 0.337. The summed E-state index contributed by atoms with van der Waals surface area (Å²) >= 11 is 0. The van der Waals surface area contributed by atoms with Crippen LogP contribution in [-0.2, 0) is 4.74 Å². The highest BCUT2D eigenvalue weighted by Crippen LogP contribution is 2.24. The molecule has 1 saturated heterocycles. The molecule has 8 nitrogen and oxygen atoms in total. The molecular weight excluding hydrogens is 428 g/mol. The predicted molar refractivity (Wildman–Crippen MR) is 142 cm³/mol. The Bertz CT molecular complexity index is 908. The van der Waals surface area contributed by atoms with Crippen molar-refractivity contribution in [1.82, 2.24) is 9.88 Å². The van der Waals surface area contributed by atoms with Gasteiger partial charge >= 0.3 is 0 Å². The van der Waals surface area contributed by atoms with E-state index in [2.05, 4.69) is 70.7 Å². The lowest BCUT2D eigenvalue weighted by atomic mass is 10.2. The molecule has 2 heterocycles. The molecule has 0 aliphatic carbocycles. The van der Waals surface area contributed by atoms with Crippen molar-refractivity contribution in [3.05, 3.63) is 41.6 Å². The summed E-state index contributed by atoms with van der Waals surface area (Å²) in [4.78, 5) is 9.47. The smallest absolute Gasteiger partial charge is 0.215 e. The van der Waals surface area contributed by atoms with Crippen molar-refractivity contribution < 1.29 is 9.47 Å². The van der Waals surface area contributed by atoms with E-state index in [4.69, 9.17) is 14.5 Å². The van der Waals surface area contributed by atoms with Crippen LogP contribution < -0.4 is 20.4 Å². The number of morpholine rings is 1. The van der Waals surface area contributed by atoms with Gasteiger partial charge in [-0.2, -0.15) is 5.10 Å². The van der Waals surface area contributed by atoms with Crippen LogP contribution in [0, 0.1) is 6.92 Å². The summed E-state index contributed by atoms with van der Waals surface area (Å²) in [7, 11) is 1.90. The van der Waals surface area contributed by atoms with E-state index in [1.54, 1.807) is 6.21 Å². The Morgan fingerprint density at radius 2 is 1.88 bits per heavy atom. The van der Waals surface area contributed by atoms with E-state index in [0.29, 0.717) is 12.5 Å². The molecule has 186 valence electrons. The molecule has 0 unspecified atom stereocenters. The highest BCUT2D eigenvalue weighted by atomic mass is 16.5. The van der Waals surface area contributed by atoms with E-state index in [0.717, 1.165) is 81.5 Å². The van der Waals surface area contributed by atoms with Gasteiger partial charge in [-0.3, -0.25) is 10.3 Å². The largest absolute Gasteiger partial charge is 0.476 e. The molecule has 34 heavy (non-hydrogen) atoms. The standard InChI is InChI=1S/C26H40N6O2/c1-5-9-32(10-6-2)23-18-22(20-28-30-25-17-21(3)7-8-24(25)27-4)29-26(19-23)34-16-13-31-11-14-33-15-12-31/h7-8,17-20,27,30H,5-6,9-16H2,1-4H3/b28-20+. The van der Waals surface area contributed by atoms with Crippen molar-refractivity contribution in [2.75, 3.05) is 75.2 Å². The van der Waals surface area contributed by atoms with Gasteiger partial charge in [-0.15, -0.1) is 0 Å². The number of pyridine rings is 1. The number of aryl methyl sites for hydroxylation is 1. The molecule has 2 N–H and O–H groups in total. The van der Waals surface area contributed by atoms with Gasteiger partial charge in [0.1, 0.15) is 6.61 Å². The van der Waals surface area contributed by atoms with Gasteiger partial charge in [0.05, 0.1) is 36.5 Å². The van der Waals surface area contributed by atoms with Crippen molar-refractivity contribution in [3.63, 3.8) is 0 Å². The molecule has 0 amide bonds. The zero-order chi connectivity index (χ0) is 24.2. The van der Waals surface area contributed by atoms with Crippen LogP contribution in [0.3, 0.4) is 0 Å². The number of nitrogens with one attached hydrogen (secondary N) is 2. The average Bonchev–Trinajstić information content (AvgIpc) is 2.85. The number of ether oxygens (including phenoxy) is 2. The van der Waals surface area contributed by atoms with Gasteiger partial charge in [0, 0.05) is 51.5 Å². The molecule has 1 aromatic carbocycles. The third-order valence-corrected chi connectivity index (χ3v) is 5.75. The molecule has 3 rings (SSSR count). The summed E-state index contributed by atoms with van der Waals surface area (Å²) < 4.78 is 11.5. The van der Waals surface area contributed by atoms with Crippen LogP contribution in [0.4, 0.5) is 17.1 Å². The van der Waals surface area contributed by atoms with Crippen LogP contribution in [0.2, 0.25) is 0 Å². The normalized spacial score (nSPS) is 14.4. The van der Waals surface area contributed by atoms with E-state index >= 15 is 0 Å². The fourth-order valence-electron chi connectivity index (χ4n) is 3.98. The number of nitrogens with zero attached hydrogens (tertiary/aromatic N) is 4. The highest BCUT2D eigenvalue weighted by Gasteiger charge is 2.12. The Morgan fingerprint density at radius 3 is 2.59 bits per heavy atom. The minimum absolute atomic E-state index is 0.599. The molecule has 1 aliphatic heterocycles. The third kappa shape index (κ3) is 7.88. The molecule has 0 bridgehead atoms. The number of hydrazone groups is 1. The molecular formula is C26H40N6O2. The Labute approximate surface area is 204 Å². The SMILES string of the molecule is CCCN(CCC)c1cc(/C=N/Nc2cc(C)ccc2NC)nc(OCCN2CCOCC2)c1. The molecule has 1 aromatic heterocycles. The van der Waals surface area contributed by atoms with Crippen molar-refractivity contribution in [1.29, 1.82) is 0 Å². The maximum Gasteiger partial charge on any atom is 0.215 e. The van der Waals surface area contributed by atoms with Crippen LogP contribution in [-0.4, -0.2) is 75.7 Å². The Morgan fingerprint density at radius 1 is 1.12 bits per heavy atom. The molecule has 1 aliphatic rings. The van der Waals surface area contributed by atoms with Crippen LogP contribution in [0.5, 0.6) is 5.88 Å². The predicted octanol–water partition coefficient (Wildman–Crippen LogP) is 4.22. The highest BCUT2D eigenvalue weighted by molar-refractivity contribution is 5.81. The van der Waals surface area contributed by atoms with E-state index in [9.17, 15) is 0 Å². The van der Waals surface area contributed by atoms with Crippen molar-refractivity contribution in [2.24, 2.45) is 5.10 Å². The summed E-state index contributed by atoms with van der Waals surface area (Å²) in [5, 5.41) is 7.67. The molecule has 8 heteroatoms. The summed E-state index contributed by atoms with van der Waals surface area (Å²) in [6.45, 7) is 13.4. The minimum atomic E-state index is 0.599. The maximum atomic E-state index is 6.10. The number of rotatable bonds is 13. The van der Waals surface area contributed by atoms with Gasteiger partial charge in [0.2, 0.25) is 5.88 Å². The molecule has 2 aromatic rings. The van der Waals surface area contributed by atoms with Crippen LogP contribution >= 0.6 is 0 Å². The van der Waals surface area contributed by atoms with Crippen molar-refractivity contribution >= 4 is 23.3 Å². The average molecular weight is 469 g/mol. The Kier molecular flexibility index (Phi) is 10.4. The number of hydrogen-bond acceptors (Lipinski definition) is 8. The maximum absolute atomic E-state index is 6.10. The monoisotopic (exact) mass is 468 g/mol. The zero-order valence-corrected chi connectivity index (χ0v) is 21.1. The molecule has 0 atom stereocenters. The van der Waals surface area contributed by atoms with E-state index in [1.807, 2.05) is 13.1 Å². The van der Waals surface area contributed by atoms with Crippen LogP contribution in [0.15, 0.2) is 35.4 Å².